The molecule has 0 saturated heterocycles. The Morgan fingerprint density at radius 3 is 2.53 bits per heavy atom. The fourth-order valence-electron chi connectivity index (χ4n) is 2.21. The molecule has 1 unspecified atom stereocenters. The molecule has 1 aromatic carbocycles. The summed E-state index contributed by atoms with van der Waals surface area (Å²) < 4.78 is 0. The summed E-state index contributed by atoms with van der Waals surface area (Å²) in [6.45, 7) is 3.87. The fourth-order valence-corrected chi connectivity index (χ4v) is 2.21. The van der Waals surface area contributed by atoms with Crippen LogP contribution in [0.4, 0.5) is 0 Å². The van der Waals surface area contributed by atoms with Crippen molar-refractivity contribution in [1.82, 2.24) is 0 Å². The Labute approximate surface area is 101 Å². The van der Waals surface area contributed by atoms with Crippen LogP contribution in [0.15, 0.2) is 48.1 Å². The monoisotopic (exact) mass is 229 g/mol. The summed E-state index contributed by atoms with van der Waals surface area (Å²) in [7, 11) is 0. The number of nitro groups is 1. The third-order valence-corrected chi connectivity index (χ3v) is 3.29. The van der Waals surface area contributed by atoms with Crippen LogP contribution in [0.3, 0.4) is 0 Å². The van der Waals surface area contributed by atoms with Crippen LogP contribution in [0.2, 0.25) is 0 Å². The van der Waals surface area contributed by atoms with E-state index in [1.165, 1.54) is 0 Å². The maximum atomic E-state index is 11.5. The van der Waals surface area contributed by atoms with E-state index in [4.69, 9.17) is 0 Å². The number of allylic oxidation sites excluding steroid dienone is 2. The topological polar surface area (TPSA) is 43.1 Å². The van der Waals surface area contributed by atoms with E-state index in [0.717, 1.165) is 16.7 Å². The van der Waals surface area contributed by atoms with Gasteiger partial charge < -0.3 is 0 Å². The molecule has 0 bridgehead atoms. The first-order chi connectivity index (χ1) is 8.06. The maximum Gasteiger partial charge on any atom is 0.269 e. The van der Waals surface area contributed by atoms with Crippen molar-refractivity contribution in [2.24, 2.45) is 0 Å². The standard InChI is InChI=1S/C14H15NO2/c1-11-7-9-14(10-8-11,15(16)17)13-6-4-3-5-12(13)2/h3-9H,10H2,1-2H3. The molecule has 0 heterocycles. The van der Waals surface area contributed by atoms with Gasteiger partial charge in [0.05, 0.1) is 0 Å². The van der Waals surface area contributed by atoms with Gasteiger partial charge >= 0.3 is 0 Å². The quantitative estimate of drug-likeness (QED) is 0.576. The summed E-state index contributed by atoms with van der Waals surface area (Å²) in [4.78, 5) is 11.3. The lowest BCUT2D eigenvalue weighted by atomic mass is 9.81. The zero-order valence-electron chi connectivity index (χ0n) is 10.0. The van der Waals surface area contributed by atoms with Gasteiger partial charge in [0.2, 0.25) is 0 Å². The lowest BCUT2D eigenvalue weighted by Gasteiger charge is -2.25. The van der Waals surface area contributed by atoms with E-state index in [2.05, 4.69) is 0 Å². The summed E-state index contributed by atoms with van der Waals surface area (Å²) in [6.07, 6.45) is 5.89. The van der Waals surface area contributed by atoms with Crippen molar-refractivity contribution >= 4 is 0 Å². The molecule has 0 radical (unpaired) electrons. The Morgan fingerprint density at radius 2 is 2.00 bits per heavy atom. The highest BCUT2D eigenvalue weighted by Crippen LogP contribution is 2.36. The van der Waals surface area contributed by atoms with Gasteiger partial charge in [-0.2, -0.15) is 0 Å². The Kier molecular flexibility index (Phi) is 2.84. The summed E-state index contributed by atoms with van der Waals surface area (Å²) in [5.74, 6) is 0. The van der Waals surface area contributed by atoms with Gasteiger partial charge in [-0.05, 0) is 25.5 Å². The number of hydrogen-bond acceptors (Lipinski definition) is 2. The largest absolute Gasteiger partial charge is 0.269 e. The molecule has 17 heavy (non-hydrogen) atoms. The number of benzene rings is 1. The number of aryl methyl sites for hydroxylation is 1. The summed E-state index contributed by atoms with van der Waals surface area (Å²) in [5, 5.41) is 11.5. The molecule has 3 heteroatoms. The second-order valence-corrected chi connectivity index (χ2v) is 4.48. The molecule has 1 aliphatic rings. The highest BCUT2D eigenvalue weighted by atomic mass is 16.6. The minimum absolute atomic E-state index is 0.186. The lowest BCUT2D eigenvalue weighted by Crippen LogP contribution is -2.34. The van der Waals surface area contributed by atoms with Crippen molar-refractivity contribution in [3.05, 3.63) is 69.3 Å². The lowest BCUT2D eigenvalue weighted by molar-refractivity contribution is -0.563. The van der Waals surface area contributed by atoms with Crippen LogP contribution >= 0.6 is 0 Å². The average Bonchev–Trinajstić information content (AvgIpc) is 2.31. The van der Waals surface area contributed by atoms with Crippen molar-refractivity contribution in [3.8, 4) is 0 Å². The third kappa shape index (κ3) is 1.88. The molecule has 1 aromatic rings. The molecule has 0 spiro atoms. The Hall–Kier alpha value is -1.90. The molecular weight excluding hydrogens is 214 g/mol. The first-order valence-electron chi connectivity index (χ1n) is 5.63. The highest BCUT2D eigenvalue weighted by molar-refractivity contribution is 5.39. The predicted octanol–water partition coefficient (Wildman–Crippen LogP) is 3.37. The normalized spacial score (nSPS) is 23.3. The fraction of sp³-hybridized carbons (Fsp3) is 0.286. The zero-order valence-corrected chi connectivity index (χ0v) is 10.0. The molecule has 1 atom stereocenters. The molecule has 0 N–H and O–H groups in total. The van der Waals surface area contributed by atoms with Gasteiger partial charge in [0.1, 0.15) is 0 Å². The highest BCUT2D eigenvalue weighted by Gasteiger charge is 2.43. The van der Waals surface area contributed by atoms with Crippen LogP contribution in [-0.4, -0.2) is 4.92 Å². The number of nitrogens with zero attached hydrogens (tertiary/aromatic N) is 1. The van der Waals surface area contributed by atoms with Crippen LogP contribution in [0.1, 0.15) is 24.5 Å². The van der Waals surface area contributed by atoms with Gasteiger partial charge in [0.25, 0.3) is 5.54 Å². The van der Waals surface area contributed by atoms with Gasteiger partial charge in [-0.15, -0.1) is 0 Å². The van der Waals surface area contributed by atoms with Gasteiger partial charge in [-0.3, -0.25) is 10.1 Å². The van der Waals surface area contributed by atoms with Crippen LogP contribution < -0.4 is 0 Å². The third-order valence-electron chi connectivity index (χ3n) is 3.29. The van der Waals surface area contributed by atoms with E-state index in [-0.39, 0.29) is 4.92 Å². The Balaban J connectivity index is 2.55. The van der Waals surface area contributed by atoms with E-state index in [1.807, 2.05) is 50.3 Å². The van der Waals surface area contributed by atoms with Crippen molar-refractivity contribution in [3.63, 3.8) is 0 Å². The smallest absolute Gasteiger partial charge is 0.263 e. The van der Waals surface area contributed by atoms with Crippen molar-refractivity contribution in [2.45, 2.75) is 25.8 Å². The van der Waals surface area contributed by atoms with Gasteiger partial charge in [-0.25, -0.2) is 0 Å². The SMILES string of the molecule is CC1=CCC(c2ccccc2C)([N+](=O)[O-])C=C1. The molecule has 0 aliphatic heterocycles. The second kappa shape index (κ2) is 4.17. The average molecular weight is 229 g/mol. The van der Waals surface area contributed by atoms with E-state index >= 15 is 0 Å². The van der Waals surface area contributed by atoms with Gasteiger partial charge in [0, 0.05) is 16.9 Å². The second-order valence-electron chi connectivity index (χ2n) is 4.48. The molecule has 2 rings (SSSR count). The van der Waals surface area contributed by atoms with Gasteiger partial charge in [-0.1, -0.05) is 42.0 Å². The molecule has 1 aliphatic carbocycles. The van der Waals surface area contributed by atoms with E-state index < -0.39 is 5.54 Å². The molecule has 88 valence electrons. The summed E-state index contributed by atoms with van der Waals surface area (Å²) in [6, 6.07) is 7.52. The van der Waals surface area contributed by atoms with Crippen LogP contribution in [0, 0.1) is 17.0 Å². The predicted molar refractivity (Wildman–Crippen MR) is 67.4 cm³/mol. The van der Waals surface area contributed by atoms with E-state index in [9.17, 15) is 10.1 Å². The van der Waals surface area contributed by atoms with Crippen LogP contribution in [0.5, 0.6) is 0 Å². The van der Waals surface area contributed by atoms with E-state index in [1.54, 1.807) is 6.08 Å². The zero-order chi connectivity index (χ0) is 12.5. The summed E-state index contributed by atoms with van der Waals surface area (Å²) in [5.41, 5.74) is 1.73. The molecular formula is C14H15NO2. The molecule has 0 amide bonds. The minimum Gasteiger partial charge on any atom is -0.263 e. The number of rotatable bonds is 2. The number of hydrogen-bond donors (Lipinski definition) is 0. The van der Waals surface area contributed by atoms with Crippen molar-refractivity contribution in [1.29, 1.82) is 0 Å². The summed E-state index contributed by atoms with van der Waals surface area (Å²) >= 11 is 0. The molecule has 0 saturated carbocycles. The Morgan fingerprint density at radius 1 is 1.29 bits per heavy atom. The molecule has 0 fully saturated rings. The maximum absolute atomic E-state index is 11.5. The van der Waals surface area contributed by atoms with Crippen LogP contribution in [0.25, 0.3) is 0 Å². The molecule has 3 nitrogen and oxygen atoms in total. The Bertz CT molecular complexity index is 517. The van der Waals surface area contributed by atoms with Crippen LogP contribution in [-0.2, 0) is 5.54 Å². The minimum atomic E-state index is -1.09. The van der Waals surface area contributed by atoms with Crippen molar-refractivity contribution < 1.29 is 4.92 Å². The first kappa shape index (κ1) is 11.6. The van der Waals surface area contributed by atoms with Crippen molar-refractivity contribution in [2.75, 3.05) is 0 Å². The molecule has 0 aromatic heterocycles. The first-order valence-corrected chi connectivity index (χ1v) is 5.63. The van der Waals surface area contributed by atoms with E-state index in [0.29, 0.717) is 6.42 Å². The van der Waals surface area contributed by atoms with Gasteiger partial charge in [0.15, 0.2) is 0 Å².